The number of anilines is 2. The molecule has 5 heteroatoms. The molecular formula is C16H20NO3P. The Morgan fingerprint density at radius 3 is 2.33 bits per heavy atom. The van der Waals surface area contributed by atoms with Crippen LogP contribution in [-0.2, 0) is 11.0 Å². The first-order valence-corrected chi connectivity index (χ1v) is 8.78. The third-order valence-electron chi connectivity index (χ3n) is 3.15. The molecule has 0 aliphatic rings. The van der Waals surface area contributed by atoms with Crippen molar-refractivity contribution in [1.82, 2.24) is 0 Å². The smallest absolute Gasteiger partial charge is 0.325 e. The fraction of sp³-hybridized carbons (Fsp3) is 0.250. The second kappa shape index (κ2) is 7.41. The first-order chi connectivity index (χ1) is 10.0. The third-order valence-corrected chi connectivity index (χ3v) is 4.05. The quantitative estimate of drug-likeness (QED) is 0.535. The summed E-state index contributed by atoms with van der Waals surface area (Å²) in [6, 6.07) is 18.1. The van der Waals surface area contributed by atoms with E-state index >= 15 is 0 Å². The highest BCUT2D eigenvalue weighted by atomic mass is 31.2. The molecule has 0 bridgehead atoms. The molecule has 0 amide bonds. The van der Waals surface area contributed by atoms with Gasteiger partial charge in [-0.15, -0.1) is 0 Å². The van der Waals surface area contributed by atoms with Gasteiger partial charge in [0, 0.05) is 17.5 Å². The van der Waals surface area contributed by atoms with Crippen molar-refractivity contribution in [2.45, 2.75) is 19.3 Å². The molecule has 0 aliphatic heterocycles. The van der Waals surface area contributed by atoms with Crippen molar-refractivity contribution in [2.75, 3.05) is 11.5 Å². The monoisotopic (exact) mass is 305 g/mol. The Kier molecular flexibility index (Phi) is 5.57. The van der Waals surface area contributed by atoms with Gasteiger partial charge in [0.25, 0.3) is 0 Å². The van der Waals surface area contributed by atoms with Gasteiger partial charge in [-0.3, -0.25) is 4.57 Å². The molecule has 4 nitrogen and oxygen atoms in total. The van der Waals surface area contributed by atoms with Gasteiger partial charge in [-0.25, -0.2) is 0 Å². The fourth-order valence-electron chi connectivity index (χ4n) is 2.14. The molecule has 3 N–H and O–H groups in total. The van der Waals surface area contributed by atoms with Crippen LogP contribution in [0.15, 0.2) is 54.6 Å². The summed E-state index contributed by atoms with van der Waals surface area (Å²) in [7, 11) is -3.85. The van der Waals surface area contributed by atoms with Gasteiger partial charge in [0.2, 0.25) is 0 Å². The Hall–Kier alpha value is -1.61. The van der Waals surface area contributed by atoms with Gasteiger partial charge in [0.1, 0.15) is 0 Å². The highest BCUT2D eigenvalue weighted by molar-refractivity contribution is 7.51. The van der Waals surface area contributed by atoms with E-state index in [-0.39, 0.29) is 6.16 Å². The second-order valence-electron chi connectivity index (χ2n) is 5.04. The molecule has 0 radical (unpaired) electrons. The van der Waals surface area contributed by atoms with E-state index in [9.17, 15) is 4.57 Å². The Bertz CT molecular complexity index is 610. The van der Waals surface area contributed by atoms with Gasteiger partial charge in [-0.05, 0) is 49.1 Å². The summed E-state index contributed by atoms with van der Waals surface area (Å²) < 4.78 is 10.8. The first-order valence-electron chi connectivity index (χ1n) is 6.98. The third kappa shape index (κ3) is 6.13. The molecule has 0 unspecified atom stereocenters. The van der Waals surface area contributed by atoms with Gasteiger partial charge in [0.05, 0.1) is 0 Å². The van der Waals surface area contributed by atoms with Crippen LogP contribution in [0, 0.1) is 0 Å². The SMILES string of the molecule is O=P(O)(O)CCCCc1cccc(Nc2ccccc2)c1. The molecule has 2 rings (SSSR count). The van der Waals surface area contributed by atoms with Gasteiger partial charge in [-0.1, -0.05) is 30.3 Å². The summed E-state index contributed by atoms with van der Waals surface area (Å²) in [5.41, 5.74) is 3.23. The number of aryl methyl sites for hydroxylation is 1. The van der Waals surface area contributed by atoms with Gasteiger partial charge in [-0.2, -0.15) is 0 Å². The average molecular weight is 305 g/mol. The fourth-order valence-corrected chi connectivity index (χ4v) is 2.78. The van der Waals surface area contributed by atoms with E-state index in [0.29, 0.717) is 6.42 Å². The minimum Gasteiger partial charge on any atom is -0.356 e. The first kappa shape index (κ1) is 15.8. The zero-order valence-electron chi connectivity index (χ0n) is 11.8. The molecule has 0 saturated carbocycles. The average Bonchev–Trinajstić information content (AvgIpc) is 2.44. The molecule has 0 spiro atoms. The number of hydrogen-bond donors (Lipinski definition) is 3. The van der Waals surface area contributed by atoms with Crippen LogP contribution < -0.4 is 5.32 Å². The van der Waals surface area contributed by atoms with E-state index in [1.54, 1.807) is 0 Å². The molecule has 0 aromatic heterocycles. The second-order valence-corrected chi connectivity index (χ2v) is 6.81. The molecular weight excluding hydrogens is 285 g/mol. The van der Waals surface area contributed by atoms with E-state index in [1.165, 1.54) is 5.56 Å². The maximum Gasteiger partial charge on any atom is 0.325 e. The van der Waals surface area contributed by atoms with Gasteiger partial charge >= 0.3 is 7.60 Å². The van der Waals surface area contributed by atoms with Gasteiger partial charge < -0.3 is 15.1 Å². The van der Waals surface area contributed by atoms with E-state index in [4.69, 9.17) is 9.79 Å². The van der Waals surface area contributed by atoms with Crippen molar-refractivity contribution in [3.05, 3.63) is 60.2 Å². The molecule has 0 atom stereocenters. The molecule has 2 aromatic carbocycles. The van der Waals surface area contributed by atoms with E-state index in [1.807, 2.05) is 48.5 Å². The van der Waals surface area contributed by atoms with Crippen LogP contribution >= 0.6 is 7.60 Å². The largest absolute Gasteiger partial charge is 0.356 e. The Balaban J connectivity index is 1.88. The summed E-state index contributed by atoms with van der Waals surface area (Å²) in [5, 5.41) is 3.33. The minimum absolute atomic E-state index is 0.0328. The van der Waals surface area contributed by atoms with Crippen LogP contribution in [0.1, 0.15) is 18.4 Å². The highest BCUT2D eigenvalue weighted by Gasteiger charge is 2.11. The maximum absolute atomic E-state index is 10.8. The minimum atomic E-state index is -3.85. The summed E-state index contributed by atoms with van der Waals surface area (Å²) in [4.78, 5) is 17.6. The van der Waals surface area contributed by atoms with Crippen LogP contribution in [0.2, 0.25) is 0 Å². The predicted molar refractivity (Wildman–Crippen MR) is 86.0 cm³/mol. The van der Waals surface area contributed by atoms with Crippen molar-refractivity contribution < 1.29 is 14.4 Å². The highest BCUT2D eigenvalue weighted by Crippen LogP contribution is 2.35. The van der Waals surface area contributed by atoms with Crippen LogP contribution in [0.5, 0.6) is 0 Å². The van der Waals surface area contributed by atoms with Crippen molar-refractivity contribution in [3.8, 4) is 0 Å². The summed E-state index contributed by atoms with van der Waals surface area (Å²) in [6.45, 7) is 0. The lowest BCUT2D eigenvalue weighted by Crippen LogP contribution is -1.93. The summed E-state index contributed by atoms with van der Waals surface area (Å²) >= 11 is 0. The zero-order valence-corrected chi connectivity index (χ0v) is 12.7. The molecule has 21 heavy (non-hydrogen) atoms. The molecule has 0 aliphatic carbocycles. The number of para-hydroxylation sites is 1. The lowest BCUT2D eigenvalue weighted by molar-refractivity contribution is 0.371. The predicted octanol–water partition coefficient (Wildman–Crippen LogP) is 3.93. The van der Waals surface area contributed by atoms with Crippen molar-refractivity contribution in [1.29, 1.82) is 0 Å². The lowest BCUT2D eigenvalue weighted by atomic mass is 10.1. The Morgan fingerprint density at radius 1 is 0.905 bits per heavy atom. The number of unbranched alkanes of at least 4 members (excludes halogenated alkanes) is 1. The summed E-state index contributed by atoms with van der Waals surface area (Å²) in [5.74, 6) is 0. The standard InChI is InChI=1S/C16H20NO3P/c18-21(19,20)12-5-4-7-14-8-6-11-16(13-14)17-15-9-2-1-3-10-15/h1-3,6,8-11,13,17H,4-5,7,12H2,(H2,18,19,20). The summed E-state index contributed by atoms with van der Waals surface area (Å²) in [6.07, 6.45) is 2.11. The van der Waals surface area contributed by atoms with E-state index in [2.05, 4.69) is 11.4 Å². The molecule has 2 aromatic rings. The van der Waals surface area contributed by atoms with Crippen LogP contribution in [0.25, 0.3) is 0 Å². The Labute approximate surface area is 125 Å². The Morgan fingerprint density at radius 2 is 1.62 bits per heavy atom. The molecule has 0 heterocycles. The molecule has 112 valence electrons. The van der Waals surface area contributed by atoms with Crippen LogP contribution in [0.4, 0.5) is 11.4 Å². The normalized spacial score (nSPS) is 11.3. The topological polar surface area (TPSA) is 69.6 Å². The van der Waals surface area contributed by atoms with Crippen LogP contribution in [-0.4, -0.2) is 15.9 Å². The van der Waals surface area contributed by atoms with Crippen LogP contribution in [0.3, 0.4) is 0 Å². The number of benzene rings is 2. The molecule has 0 saturated heterocycles. The zero-order chi connectivity index (χ0) is 15.1. The number of nitrogens with one attached hydrogen (secondary N) is 1. The van der Waals surface area contributed by atoms with Gasteiger partial charge in [0.15, 0.2) is 0 Å². The van der Waals surface area contributed by atoms with E-state index < -0.39 is 7.60 Å². The maximum atomic E-state index is 10.8. The van der Waals surface area contributed by atoms with Crippen molar-refractivity contribution in [3.63, 3.8) is 0 Å². The van der Waals surface area contributed by atoms with Crippen molar-refractivity contribution in [2.24, 2.45) is 0 Å². The number of rotatable bonds is 7. The van der Waals surface area contributed by atoms with Crippen molar-refractivity contribution >= 4 is 19.0 Å². The number of hydrogen-bond acceptors (Lipinski definition) is 2. The lowest BCUT2D eigenvalue weighted by Gasteiger charge is -2.09. The molecule has 0 fully saturated rings. The van der Waals surface area contributed by atoms with E-state index in [0.717, 1.165) is 24.2 Å².